The molecule has 0 N–H and O–H groups in total. The normalized spacial score (nSPS) is 17.6. The lowest BCUT2D eigenvalue weighted by molar-refractivity contribution is 0.184. The van der Waals surface area contributed by atoms with Crippen molar-refractivity contribution < 1.29 is 4.39 Å². The molecule has 0 bridgehead atoms. The molecule has 0 aromatic heterocycles. The summed E-state index contributed by atoms with van der Waals surface area (Å²) in [6.45, 7) is 0.809. The van der Waals surface area contributed by atoms with Crippen molar-refractivity contribution in [3.63, 3.8) is 0 Å². The van der Waals surface area contributed by atoms with E-state index >= 15 is 0 Å². The van der Waals surface area contributed by atoms with Gasteiger partial charge in [0.25, 0.3) is 0 Å². The van der Waals surface area contributed by atoms with Crippen molar-refractivity contribution >= 4 is 11.6 Å². The summed E-state index contributed by atoms with van der Waals surface area (Å²) in [5, 5.41) is 0.535. The molecule has 0 amide bonds. The van der Waals surface area contributed by atoms with Gasteiger partial charge in [-0.2, -0.15) is 0 Å². The maximum Gasteiger partial charge on any atom is 0.124 e. The van der Waals surface area contributed by atoms with E-state index < -0.39 is 0 Å². The highest BCUT2D eigenvalue weighted by Crippen LogP contribution is 2.25. The van der Waals surface area contributed by atoms with Crippen LogP contribution in [0.1, 0.15) is 37.7 Å². The third-order valence-corrected chi connectivity index (χ3v) is 3.98. The van der Waals surface area contributed by atoms with E-state index in [4.69, 9.17) is 11.6 Å². The molecular formula is C14H19ClFN. The van der Waals surface area contributed by atoms with Crippen molar-refractivity contribution in [1.82, 2.24) is 4.90 Å². The first-order chi connectivity index (χ1) is 8.16. The Morgan fingerprint density at radius 1 is 1.29 bits per heavy atom. The summed E-state index contributed by atoms with van der Waals surface area (Å²) >= 11 is 6.05. The van der Waals surface area contributed by atoms with Crippen LogP contribution in [0.3, 0.4) is 0 Å². The van der Waals surface area contributed by atoms with Crippen molar-refractivity contribution in [2.24, 2.45) is 0 Å². The van der Waals surface area contributed by atoms with E-state index in [2.05, 4.69) is 11.9 Å². The summed E-state index contributed by atoms with van der Waals surface area (Å²) in [6, 6.07) is 5.32. The van der Waals surface area contributed by atoms with Crippen LogP contribution in [0.2, 0.25) is 5.02 Å². The highest BCUT2D eigenvalue weighted by atomic mass is 35.5. The highest BCUT2D eigenvalue weighted by Gasteiger charge is 2.18. The number of nitrogens with zero attached hydrogens (tertiary/aromatic N) is 1. The minimum Gasteiger partial charge on any atom is -0.299 e. The van der Waals surface area contributed by atoms with Crippen molar-refractivity contribution in [3.05, 3.63) is 34.6 Å². The van der Waals surface area contributed by atoms with Crippen molar-refractivity contribution in [2.45, 2.75) is 44.7 Å². The van der Waals surface area contributed by atoms with E-state index in [1.807, 2.05) is 0 Å². The van der Waals surface area contributed by atoms with E-state index in [1.54, 1.807) is 6.07 Å². The third kappa shape index (κ3) is 3.43. The highest BCUT2D eigenvalue weighted by molar-refractivity contribution is 6.31. The lowest BCUT2D eigenvalue weighted by Crippen LogP contribution is -2.32. The number of hydrogen-bond donors (Lipinski definition) is 0. The molecule has 1 aromatic carbocycles. The molecule has 0 saturated heterocycles. The van der Waals surface area contributed by atoms with Crippen molar-refractivity contribution in [3.8, 4) is 0 Å². The van der Waals surface area contributed by atoms with Crippen LogP contribution in [0, 0.1) is 5.82 Å². The zero-order valence-electron chi connectivity index (χ0n) is 10.3. The van der Waals surface area contributed by atoms with Crippen LogP contribution < -0.4 is 0 Å². The maximum atomic E-state index is 12.9. The fourth-order valence-electron chi connectivity index (χ4n) is 2.57. The zero-order chi connectivity index (χ0) is 12.3. The predicted molar refractivity (Wildman–Crippen MR) is 69.8 cm³/mol. The van der Waals surface area contributed by atoms with Crippen LogP contribution in [0.15, 0.2) is 18.2 Å². The quantitative estimate of drug-likeness (QED) is 0.781. The van der Waals surface area contributed by atoms with Gasteiger partial charge in [-0.1, -0.05) is 36.9 Å². The maximum absolute atomic E-state index is 12.9. The molecule has 1 aromatic rings. The van der Waals surface area contributed by atoms with Crippen LogP contribution in [-0.2, 0) is 6.54 Å². The smallest absolute Gasteiger partial charge is 0.124 e. The standard InChI is InChI=1S/C14H19ClFN/c1-17(13-5-3-2-4-6-13)10-11-7-8-12(16)9-14(11)15/h7-9,13H,2-6,10H2,1H3. The van der Waals surface area contributed by atoms with E-state index in [0.717, 1.165) is 12.1 Å². The molecule has 1 aliphatic rings. The van der Waals surface area contributed by atoms with Gasteiger partial charge in [-0.25, -0.2) is 4.39 Å². The summed E-state index contributed by atoms with van der Waals surface area (Å²) in [7, 11) is 2.13. The third-order valence-electron chi connectivity index (χ3n) is 3.63. The van der Waals surface area contributed by atoms with E-state index in [1.165, 1.54) is 44.2 Å². The number of hydrogen-bond acceptors (Lipinski definition) is 1. The molecule has 0 spiro atoms. The molecule has 1 fully saturated rings. The van der Waals surface area contributed by atoms with E-state index in [-0.39, 0.29) is 5.82 Å². The Morgan fingerprint density at radius 3 is 2.65 bits per heavy atom. The van der Waals surface area contributed by atoms with Crippen LogP contribution in [0.4, 0.5) is 4.39 Å². The Labute approximate surface area is 108 Å². The van der Waals surface area contributed by atoms with Crippen LogP contribution in [0.5, 0.6) is 0 Å². The molecule has 3 heteroatoms. The molecule has 1 saturated carbocycles. The zero-order valence-corrected chi connectivity index (χ0v) is 11.0. The summed E-state index contributed by atoms with van der Waals surface area (Å²) in [6.07, 6.45) is 6.56. The predicted octanol–water partition coefficient (Wildman–Crippen LogP) is 4.24. The first-order valence-electron chi connectivity index (χ1n) is 6.31. The molecule has 0 heterocycles. The minimum atomic E-state index is -0.265. The molecule has 17 heavy (non-hydrogen) atoms. The first kappa shape index (κ1) is 12.8. The summed E-state index contributed by atoms with van der Waals surface area (Å²) in [5.41, 5.74) is 1.01. The number of halogens is 2. The minimum absolute atomic E-state index is 0.265. The molecule has 0 atom stereocenters. The van der Waals surface area contributed by atoms with Gasteiger partial charge in [0.1, 0.15) is 5.82 Å². The van der Waals surface area contributed by atoms with E-state index in [0.29, 0.717) is 11.1 Å². The fraction of sp³-hybridized carbons (Fsp3) is 0.571. The molecule has 2 rings (SSSR count). The second kappa shape index (κ2) is 5.83. The average Bonchev–Trinajstić information content (AvgIpc) is 2.34. The molecule has 0 aliphatic heterocycles. The molecule has 1 aliphatic carbocycles. The summed E-state index contributed by atoms with van der Waals surface area (Å²) in [4.78, 5) is 2.35. The topological polar surface area (TPSA) is 3.24 Å². The van der Waals surface area contributed by atoms with Crippen molar-refractivity contribution in [1.29, 1.82) is 0 Å². The Hall–Kier alpha value is -0.600. The Bertz CT molecular complexity index is 374. The number of benzene rings is 1. The van der Waals surface area contributed by atoms with Gasteiger partial charge >= 0.3 is 0 Å². The van der Waals surface area contributed by atoms with Crippen LogP contribution >= 0.6 is 11.6 Å². The van der Waals surface area contributed by atoms with Gasteiger partial charge in [0.2, 0.25) is 0 Å². The molecule has 0 unspecified atom stereocenters. The van der Waals surface area contributed by atoms with Crippen LogP contribution in [-0.4, -0.2) is 18.0 Å². The van der Waals surface area contributed by atoms with Gasteiger partial charge in [0, 0.05) is 17.6 Å². The van der Waals surface area contributed by atoms with Gasteiger partial charge in [0.05, 0.1) is 0 Å². The molecule has 94 valence electrons. The second-order valence-corrected chi connectivity index (χ2v) is 5.35. The van der Waals surface area contributed by atoms with Crippen molar-refractivity contribution in [2.75, 3.05) is 7.05 Å². The monoisotopic (exact) mass is 255 g/mol. The summed E-state index contributed by atoms with van der Waals surface area (Å²) in [5.74, 6) is -0.265. The van der Waals surface area contributed by atoms with Gasteiger partial charge in [-0.05, 0) is 37.6 Å². The average molecular weight is 256 g/mol. The van der Waals surface area contributed by atoms with Gasteiger partial charge in [0.15, 0.2) is 0 Å². The Kier molecular flexibility index (Phi) is 4.41. The first-order valence-corrected chi connectivity index (χ1v) is 6.69. The summed E-state index contributed by atoms with van der Waals surface area (Å²) < 4.78 is 12.9. The second-order valence-electron chi connectivity index (χ2n) is 4.94. The van der Waals surface area contributed by atoms with Gasteiger partial charge in [-0.15, -0.1) is 0 Å². The Morgan fingerprint density at radius 2 is 2.00 bits per heavy atom. The largest absolute Gasteiger partial charge is 0.299 e. The molecular weight excluding hydrogens is 237 g/mol. The van der Waals surface area contributed by atoms with Crippen LogP contribution in [0.25, 0.3) is 0 Å². The van der Waals surface area contributed by atoms with Gasteiger partial charge < -0.3 is 0 Å². The molecule has 0 radical (unpaired) electrons. The van der Waals surface area contributed by atoms with E-state index in [9.17, 15) is 4.39 Å². The van der Waals surface area contributed by atoms with Gasteiger partial charge in [-0.3, -0.25) is 4.90 Å². The fourth-order valence-corrected chi connectivity index (χ4v) is 2.80. The Balaban J connectivity index is 1.99. The lowest BCUT2D eigenvalue weighted by atomic mass is 9.94. The molecule has 1 nitrogen and oxygen atoms in total. The lowest BCUT2D eigenvalue weighted by Gasteiger charge is -2.31. The SMILES string of the molecule is CN(Cc1ccc(F)cc1Cl)C1CCCCC1. The number of rotatable bonds is 3.